The molecule has 0 fully saturated rings. The predicted octanol–water partition coefficient (Wildman–Crippen LogP) is 4.32. The van der Waals surface area contributed by atoms with E-state index in [1.54, 1.807) is 73.8 Å². The molecule has 6 nitrogen and oxygen atoms in total. The molecule has 31 heavy (non-hydrogen) atoms. The number of hydrogen-bond acceptors (Lipinski definition) is 5. The molecule has 0 saturated carbocycles. The summed E-state index contributed by atoms with van der Waals surface area (Å²) in [6, 6.07) is 20.8. The quantitative estimate of drug-likeness (QED) is 0.438. The number of H-pyrrole nitrogens is 1. The van der Waals surface area contributed by atoms with Crippen LogP contribution >= 0.6 is 0 Å². The average molecular weight is 435 g/mol. The first-order valence-electron chi connectivity index (χ1n) is 9.80. The molecule has 3 aromatic carbocycles. The van der Waals surface area contributed by atoms with Crippen molar-refractivity contribution in [2.75, 3.05) is 12.9 Å². The van der Waals surface area contributed by atoms with Crippen LogP contribution in [0, 0.1) is 6.92 Å². The average Bonchev–Trinajstić information content (AvgIpc) is 3.21. The second-order valence-corrected chi connectivity index (χ2v) is 9.42. The zero-order chi connectivity index (χ0) is 22.0. The van der Waals surface area contributed by atoms with E-state index < -0.39 is 15.8 Å². The molecule has 0 spiro atoms. The number of benzene rings is 3. The third-order valence-corrected chi connectivity index (χ3v) is 6.97. The van der Waals surface area contributed by atoms with Crippen molar-refractivity contribution in [3.63, 3.8) is 0 Å². The number of nitrogens with zero attached hydrogens (tertiary/aromatic N) is 1. The van der Waals surface area contributed by atoms with Crippen LogP contribution in [0.25, 0.3) is 11.0 Å². The second-order valence-electron chi connectivity index (χ2n) is 7.39. The van der Waals surface area contributed by atoms with E-state index in [1.165, 1.54) is 0 Å². The van der Waals surface area contributed by atoms with Crippen LogP contribution in [0.1, 0.15) is 27.7 Å². The molecule has 0 saturated heterocycles. The van der Waals surface area contributed by atoms with Crippen LogP contribution in [-0.2, 0) is 9.84 Å². The van der Waals surface area contributed by atoms with Crippen LogP contribution in [0.4, 0.5) is 0 Å². The summed E-state index contributed by atoms with van der Waals surface area (Å²) in [5.74, 6) is -0.862. The minimum absolute atomic E-state index is 0.121. The van der Waals surface area contributed by atoms with Gasteiger partial charge in [0.05, 0.1) is 34.7 Å². The Bertz CT molecular complexity index is 1330. The van der Waals surface area contributed by atoms with Gasteiger partial charge in [0, 0.05) is 6.07 Å². The van der Waals surface area contributed by atoms with Crippen LogP contribution < -0.4 is 4.74 Å². The van der Waals surface area contributed by atoms with Crippen LogP contribution in [-0.4, -0.2) is 37.0 Å². The number of imidazole rings is 1. The highest BCUT2D eigenvalue weighted by Gasteiger charge is 2.30. The van der Waals surface area contributed by atoms with Crippen molar-refractivity contribution in [3.05, 3.63) is 89.7 Å². The minimum Gasteiger partial charge on any atom is -0.497 e. The lowest BCUT2D eigenvalue weighted by molar-refractivity contribution is 0.0958. The van der Waals surface area contributed by atoms with Gasteiger partial charge in [-0.2, -0.15) is 0 Å². The molecule has 0 aliphatic heterocycles. The molecule has 0 bridgehead atoms. The summed E-state index contributed by atoms with van der Waals surface area (Å²) in [5.41, 5.74) is 2.85. The first kappa shape index (κ1) is 20.8. The van der Waals surface area contributed by atoms with Crippen molar-refractivity contribution >= 4 is 26.7 Å². The summed E-state index contributed by atoms with van der Waals surface area (Å²) in [5, 5.41) is 0. The number of ketones is 1. The monoisotopic (exact) mass is 434 g/mol. The van der Waals surface area contributed by atoms with Gasteiger partial charge in [0.15, 0.2) is 15.7 Å². The lowest BCUT2D eigenvalue weighted by atomic mass is 9.96. The summed E-state index contributed by atoms with van der Waals surface area (Å²) in [6.07, 6.45) is 0. The number of aromatic nitrogens is 2. The summed E-state index contributed by atoms with van der Waals surface area (Å²) in [6.45, 7) is 1.89. The SMILES string of the molecule is COc1ccc2nc(C(=O)C(CS(=O)(=O)c3ccc(C)cc3)c3ccccc3)[nH]c2c1. The first-order valence-corrected chi connectivity index (χ1v) is 11.4. The van der Waals surface area contributed by atoms with E-state index in [1.807, 2.05) is 13.0 Å². The Labute approximate surface area is 180 Å². The Hall–Kier alpha value is -3.45. The zero-order valence-corrected chi connectivity index (χ0v) is 18.0. The highest BCUT2D eigenvalue weighted by atomic mass is 32.2. The predicted molar refractivity (Wildman–Crippen MR) is 119 cm³/mol. The Morgan fingerprint density at radius 3 is 2.42 bits per heavy atom. The molecule has 7 heteroatoms. The molecule has 4 aromatic rings. The number of ether oxygens (including phenoxy) is 1. The van der Waals surface area contributed by atoms with Crippen LogP contribution in [0.5, 0.6) is 5.75 Å². The lowest BCUT2D eigenvalue weighted by Crippen LogP contribution is -2.23. The maximum Gasteiger partial charge on any atom is 0.206 e. The van der Waals surface area contributed by atoms with Crippen molar-refractivity contribution in [3.8, 4) is 5.75 Å². The summed E-state index contributed by atoms with van der Waals surface area (Å²) >= 11 is 0. The summed E-state index contributed by atoms with van der Waals surface area (Å²) in [7, 11) is -2.14. The molecular weight excluding hydrogens is 412 g/mol. The summed E-state index contributed by atoms with van der Waals surface area (Å²) in [4.78, 5) is 21.0. The molecule has 1 heterocycles. The maximum atomic E-state index is 13.4. The van der Waals surface area contributed by atoms with Crippen LogP contribution in [0.15, 0.2) is 77.7 Å². The number of aromatic amines is 1. The van der Waals surface area contributed by atoms with Gasteiger partial charge in [-0.3, -0.25) is 4.79 Å². The standard InChI is InChI=1S/C24H22N2O4S/c1-16-8-11-19(12-9-16)31(28,29)15-20(17-6-4-3-5-7-17)23(27)24-25-21-13-10-18(30-2)14-22(21)26-24/h3-14,20H,15H2,1-2H3,(H,25,26). The number of aryl methyl sites for hydroxylation is 1. The van der Waals surface area contributed by atoms with E-state index in [2.05, 4.69) is 9.97 Å². The van der Waals surface area contributed by atoms with Gasteiger partial charge in [0.25, 0.3) is 0 Å². The number of rotatable bonds is 7. The van der Waals surface area contributed by atoms with Gasteiger partial charge in [-0.25, -0.2) is 13.4 Å². The van der Waals surface area contributed by atoms with E-state index >= 15 is 0 Å². The van der Waals surface area contributed by atoms with Gasteiger partial charge in [0.2, 0.25) is 5.78 Å². The highest BCUT2D eigenvalue weighted by molar-refractivity contribution is 7.91. The van der Waals surface area contributed by atoms with Crippen molar-refractivity contribution in [2.45, 2.75) is 17.7 Å². The molecular formula is C24H22N2O4S. The lowest BCUT2D eigenvalue weighted by Gasteiger charge is -2.16. The maximum absolute atomic E-state index is 13.4. The van der Waals surface area contributed by atoms with Crippen LogP contribution in [0.2, 0.25) is 0 Å². The van der Waals surface area contributed by atoms with Gasteiger partial charge in [0.1, 0.15) is 5.75 Å². The number of carbonyl (C=O) groups excluding carboxylic acids is 1. The van der Waals surface area contributed by atoms with Crippen LogP contribution in [0.3, 0.4) is 0 Å². The molecule has 4 rings (SSSR count). The second kappa shape index (κ2) is 8.35. The number of nitrogens with one attached hydrogen (secondary N) is 1. The topological polar surface area (TPSA) is 89.1 Å². The number of methoxy groups -OCH3 is 1. The highest BCUT2D eigenvalue weighted by Crippen LogP contribution is 2.27. The first-order chi connectivity index (χ1) is 14.9. The number of Topliss-reactive ketones (excluding diaryl/α,β-unsaturated/α-hetero) is 1. The molecule has 0 amide bonds. The number of fused-ring (bicyclic) bond motifs is 1. The Morgan fingerprint density at radius 2 is 1.74 bits per heavy atom. The molecule has 1 N–H and O–H groups in total. The fraction of sp³-hybridized carbons (Fsp3) is 0.167. The summed E-state index contributed by atoms with van der Waals surface area (Å²) < 4.78 is 31.5. The Kier molecular flexibility index (Phi) is 5.61. The fourth-order valence-corrected chi connectivity index (χ4v) is 4.99. The van der Waals surface area contributed by atoms with Gasteiger partial charge < -0.3 is 9.72 Å². The number of carbonyl (C=O) groups is 1. The molecule has 1 aromatic heterocycles. The van der Waals surface area contributed by atoms with Gasteiger partial charge in [-0.15, -0.1) is 0 Å². The van der Waals surface area contributed by atoms with Crippen molar-refractivity contribution in [1.29, 1.82) is 0 Å². The van der Waals surface area contributed by atoms with E-state index in [-0.39, 0.29) is 22.3 Å². The fourth-order valence-electron chi connectivity index (χ4n) is 3.47. The van der Waals surface area contributed by atoms with Gasteiger partial charge >= 0.3 is 0 Å². The number of hydrogen-bond donors (Lipinski definition) is 1. The largest absolute Gasteiger partial charge is 0.497 e. The van der Waals surface area contributed by atoms with E-state index in [4.69, 9.17) is 4.74 Å². The third-order valence-electron chi connectivity index (χ3n) is 5.21. The smallest absolute Gasteiger partial charge is 0.206 e. The Morgan fingerprint density at radius 1 is 1.03 bits per heavy atom. The number of sulfone groups is 1. The normalized spacial score (nSPS) is 12.6. The van der Waals surface area contributed by atoms with Crippen molar-refractivity contribution < 1.29 is 17.9 Å². The molecule has 0 aliphatic rings. The Balaban J connectivity index is 1.73. The van der Waals surface area contributed by atoms with E-state index in [9.17, 15) is 13.2 Å². The van der Waals surface area contributed by atoms with E-state index in [0.717, 1.165) is 5.56 Å². The van der Waals surface area contributed by atoms with Gasteiger partial charge in [-0.1, -0.05) is 48.0 Å². The third kappa shape index (κ3) is 4.36. The molecule has 0 radical (unpaired) electrons. The molecule has 1 atom stereocenters. The van der Waals surface area contributed by atoms with Crippen molar-refractivity contribution in [2.24, 2.45) is 0 Å². The van der Waals surface area contributed by atoms with Crippen molar-refractivity contribution in [1.82, 2.24) is 9.97 Å². The minimum atomic E-state index is -3.70. The van der Waals surface area contributed by atoms with Gasteiger partial charge in [-0.05, 0) is 36.8 Å². The van der Waals surface area contributed by atoms with E-state index in [0.29, 0.717) is 22.3 Å². The molecule has 1 unspecified atom stereocenters. The molecule has 158 valence electrons. The molecule has 0 aliphatic carbocycles. The zero-order valence-electron chi connectivity index (χ0n) is 17.2.